The van der Waals surface area contributed by atoms with Gasteiger partial charge in [0.25, 0.3) is 0 Å². The fourth-order valence-electron chi connectivity index (χ4n) is 4.36. The second-order valence-electron chi connectivity index (χ2n) is 7.62. The molecule has 0 amide bonds. The molecule has 0 aliphatic carbocycles. The zero-order chi connectivity index (χ0) is 20.2. The summed E-state index contributed by atoms with van der Waals surface area (Å²) in [5.74, 6) is 0.679. The van der Waals surface area contributed by atoms with Gasteiger partial charge in [0.1, 0.15) is 24.4 Å². The largest absolute Gasteiger partial charge is 0.497 e. The van der Waals surface area contributed by atoms with Gasteiger partial charge in [0.05, 0.1) is 20.2 Å². The van der Waals surface area contributed by atoms with Crippen molar-refractivity contribution in [3.05, 3.63) is 75.1 Å². The first-order chi connectivity index (χ1) is 14.2. The highest BCUT2D eigenvalue weighted by atomic mass is 35.5. The topological polar surface area (TPSA) is 60.5 Å². The number of methoxy groups -OCH3 is 1. The lowest BCUT2D eigenvalue weighted by molar-refractivity contribution is -0.935. The molecule has 152 valence electrons. The van der Waals surface area contributed by atoms with Crippen LogP contribution in [0.2, 0.25) is 5.02 Å². The van der Waals surface area contributed by atoms with Crippen molar-refractivity contribution in [1.82, 2.24) is 0 Å². The van der Waals surface area contributed by atoms with E-state index >= 15 is 0 Å². The first-order valence-electron chi connectivity index (χ1n) is 10.2. The molecule has 1 aliphatic heterocycles. The first kappa shape index (κ1) is 20.0. The Hall–Kier alpha value is -2.34. The maximum atomic E-state index is 12.0. The number of benzene rings is 2. The maximum absolute atomic E-state index is 12.0. The second-order valence-corrected chi connectivity index (χ2v) is 8.03. The number of likely N-dealkylation sites (tertiary alicyclic amines) is 1. The smallest absolute Gasteiger partial charge is 0.336 e. The van der Waals surface area contributed by atoms with Crippen LogP contribution in [0.25, 0.3) is 11.0 Å². The number of hydrogen-bond acceptors (Lipinski definition) is 3. The van der Waals surface area contributed by atoms with Gasteiger partial charge in [-0.2, -0.15) is 0 Å². The monoisotopic (exact) mass is 414 g/mol. The minimum absolute atomic E-state index is 0.332. The van der Waals surface area contributed by atoms with Crippen molar-refractivity contribution in [2.24, 2.45) is 0 Å². The quantitative estimate of drug-likeness (QED) is 0.581. The third-order valence-corrected chi connectivity index (χ3v) is 6.17. The molecule has 0 spiro atoms. The van der Waals surface area contributed by atoms with Crippen LogP contribution in [0, 0.1) is 0 Å². The van der Waals surface area contributed by atoms with Gasteiger partial charge in [-0.05, 0) is 18.2 Å². The van der Waals surface area contributed by atoms with Crippen LogP contribution in [0.3, 0.4) is 0 Å². The highest BCUT2D eigenvalue weighted by Crippen LogP contribution is 2.23. The zero-order valence-corrected chi connectivity index (χ0v) is 17.4. The summed E-state index contributed by atoms with van der Waals surface area (Å²) in [4.78, 5) is 13.6. The van der Waals surface area contributed by atoms with E-state index in [9.17, 15) is 4.79 Å². The van der Waals surface area contributed by atoms with E-state index in [1.165, 1.54) is 31.5 Å². The van der Waals surface area contributed by atoms with Gasteiger partial charge in [-0.1, -0.05) is 29.8 Å². The van der Waals surface area contributed by atoms with Crippen LogP contribution in [0.4, 0.5) is 0 Å². The standard InChI is InChI=1S/C23H25ClN2O3/c1-28-17-8-9-18-16(12-23(27)29-22(18)13-17)14-25-15-21(26-10-4-5-11-26)19-6-2-3-7-20(19)24/h2-3,6-9,12-13,21,25H,4-5,10-11,14-15H2,1H3/p+2/t21-/m0/s1. The first-order valence-corrected chi connectivity index (χ1v) is 10.5. The van der Waals surface area contributed by atoms with Gasteiger partial charge in [0.2, 0.25) is 0 Å². The summed E-state index contributed by atoms with van der Waals surface area (Å²) in [5, 5.41) is 4.06. The van der Waals surface area contributed by atoms with Crippen LogP contribution >= 0.6 is 11.6 Å². The third-order valence-electron chi connectivity index (χ3n) is 5.82. The summed E-state index contributed by atoms with van der Waals surface area (Å²) >= 11 is 6.53. The molecule has 29 heavy (non-hydrogen) atoms. The molecule has 0 saturated carbocycles. The highest BCUT2D eigenvalue weighted by Gasteiger charge is 2.30. The van der Waals surface area contributed by atoms with Gasteiger partial charge in [-0.15, -0.1) is 0 Å². The Bertz CT molecular complexity index is 1040. The number of fused-ring (bicyclic) bond motifs is 1. The third kappa shape index (κ3) is 4.47. The predicted molar refractivity (Wildman–Crippen MR) is 114 cm³/mol. The average Bonchev–Trinajstić information content (AvgIpc) is 3.26. The molecule has 1 atom stereocenters. The van der Waals surface area contributed by atoms with Crippen molar-refractivity contribution in [3.63, 3.8) is 0 Å². The Morgan fingerprint density at radius 2 is 1.97 bits per heavy atom. The molecule has 2 heterocycles. The molecule has 1 fully saturated rings. The SMILES string of the molecule is COc1ccc2c(C[NH2+]C[C@@H](c3ccccc3Cl)[NH+]3CCCC3)cc(=O)oc2c1. The molecule has 0 unspecified atom stereocenters. The van der Waals surface area contributed by atoms with Crippen molar-refractivity contribution >= 4 is 22.6 Å². The molecule has 2 aromatic carbocycles. The molecule has 4 rings (SSSR count). The van der Waals surface area contributed by atoms with E-state index in [0.29, 0.717) is 23.9 Å². The fourth-order valence-corrected chi connectivity index (χ4v) is 4.63. The number of hydrogen-bond donors (Lipinski definition) is 2. The number of rotatable bonds is 7. The van der Waals surface area contributed by atoms with Gasteiger partial charge in [0, 0.05) is 46.5 Å². The van der Waals surface area contributed by atoms with Crippen LogP contribution in [0.1, 0.15) is 30.0 Å². The van der Waals surface area contributed by atoms with Gasteiger partial charge < -0.3 is 19.4 Å². The van der Waals surface area contributed by atoms with Gasteiger partial charge in [-0.3, -0.25) is 0 Å². The molecule has 0 radical (unpaired) electrons. The number of nitrogens with two attached hydrogens (primary N) is 1. The van der Waals surface area contributed by atoms with Crippen LogP contribution < -0.4 is 20.6 Å². The van der Waals surface area contributed by atoms with E-state index in [2.05, 4.69) is 17.4 Å². The number of halogens is 1. The highest BCUT2D eigenvalue weighted by molar-refractivity contribution is 6.31. The summed E-state index contributed by atoms with van der Waals surface area (Å²) in [7, 11) is 1.60. The van der Waals surface area contributed by atoms with E-state index in [-0.39, 0.29) is 5.63 Å². The molecule has 6 heteroatoms. The molecule has 3 aromatic rings. The lowest BCUT2D eigenvalue weighted by atomic mass is 10.0. The Balaban J connectivity index is 1.54. The van der Waals surface area contributed by atoms with E-state index in [1.807, 2.05) is 24.3 Å². The van der Waals surface area contributed by atoms with Crippen molar-refractivity contribution in [2.45, 2.75) is 25.4 Å². The van der Waals surface area contributed by atoms with Crippen LogP contribution in [-0.4, -0.2) is 26.7 Å². The number of quaternary nitrogens is 2. The molecular formula is C23H27ClN2O3+2. The summed E-state index contributed by atoms with van der Waals surface area (Å²) in [6.45, 7) is 3.99. The summed E-state index contributed by atoms with van der Waals surface area (Å²) in [6, 6.07) is 15.7. The maximum Gasteiger partial charge on any atom is 0.336 e. The Kier molecular flexibility index (Phi) is 6.19. The second kappa shape index (κ2) is 8.99. The molecular weight excluding hydrogens is 388 g/mol. The van der Waals surface area contributed by atoms with Crippen LogP contribution in [0.5, 0.6) is 5.75 Å². The van der Waals surface area contributed by atoms with E-state index in [4.69, 9.17) is 20.8 Å². The van der Waals surface area contributed by atoms with Gasteiger partial charge in [0.15, 0.2) is 6.04 Å². The Labute approximate surface area is 175 Å². The lowest BCUT2D eigenvalue weighted by Crippen LogP contribution is -3.13. The van der Waals surface area contributed by atoms with Crippen molar-refractivity contribution in [3.8, 4) is 5.75 Å². The van der Waals surface area contributed by atoms with Crippen LogP contribution in [-0.2, 0) is 6.54 Å². The van der Waals surface area contributed by atoms with Gasteiger partial charge in [-0.25, -0.2) is 4.79 Å². The Morgan fingerprint density at radius 1 is 1.17 bits per heavy atom. The minimum Gasteiger partial charge on any atom is -0.497 e. The van der Waals surface area contributed by atoms with Crippen molar-refractivity contribution in [2.75, 3.05) is 26.7 Å². The molecule has 1 saturated heterocycles. The van der Waals surface area contributed by atoms with E-state index in [0.717, 1.165) is 22.5 Å². The van der Waals surface area contributed by atoms with Crippen molar-refractivity contribution in [1.29, 1.82) is 0 Å². The predicted octanol–water partition coefficient (Wildman–Crippen LogP) is 1.94. The summed E-state index contributed by atoms with van der Waals surface area (Å²) < 4.78 is 10.6. The molecule has 1 aromatic heterocycles. The van der Waals surface area contributed by atoms with Gasteiger partial charge >= 0.3 is 5.63 Å². The lowest BCUT2D eigenvalue weighted by Gasteiger charge is -2.24. The summed E-state index contributed by atoms with van der Waals surface area (Å²) in [5.41, 5.74) is 2.42. The normalized spacial score (nSPS) is 15.7. The average molecular weight is 415 g/mol. The zero-order valence-electron chi connectivity index (χ0n) is 16.6. The van der Waals surface area contributed by atoms with E-state index < -0.39 is 0 Å². The van der Waals surface area contributed by atoms with E-state index in [1.54, 1.807) is 24.1 Å². The van der Waals surface area contributed by atoms with Crippen LogP contribution in [0.15, 0.2) is 57.7 Å². The number of ether oxygens (including phenoxy) is 1. The molecule has 5 nitrogen and oxygen atoms in total. The minimum atomic E-state index is -0.332. The van der Waals surface area contributed by atoms with Crippen molar-refractivity contribution < 1.29 is 19.4 Å². The fraction of sp³-hybridized carbons (Fsp3) is 0.348. The molecule has 3 N–H and O–H groups in total. The molecule has 0 bridgehead atoms. The number of nitrogens with one attached hydrogen (secondary N) is 1. The molecule has 1 aliphatic rings. The summed E-state index contributed by atoms with van der Waals surface area (Å²) in [6.07, 6.45) is 2.53. The Morgan fingerprint density at radius 3 is 2.72 bits per heavy atom.